The van der Waals surface area contributed by atoms with Gasteiger partial charge in [0.25, 0.3) is 0 Å². The summed E-state index contributed by atoms with van der Waals surface area (Å²) in [5.41, 5.74) is 5.31. The number of rotatable bonds is 5. The topological polar surface area (TPSA) is 111 Å². The third-order valence-corrected chi connectivity index (χ3v) is 3.64. The largest absolute Gasteiger partial charge is 0.489 e. The maximum Gasteiger partial charge on any atom is 0.408 e. The van der Waals surface area contributed by atoms with Crippen LogP contribution in [0.1, 0.15) is 20.8 Å². The van der Waals surface area contributed by atoms with E-state index in [1.165, 1.54) is 12.1 Å². The van der Waals surface area contributed by atoms with Crippen molar-refractivity contribution in [3.8, 4) is 5.75 Å². The van der Waals surface area contributed by atoms with Crippen molar-refractivity contribution in [1.82, 2.24) is 5.32 Å². The van der Waals surface area contributed by atoms with E-state index in [4.69, 9.17) is 31.9 Å². The van der Waals surface area contributed by atoms with Gasteiger partial charge in [0.05, 0.1) is 10.7 Å². The van der Waals surface area contributed by atoms with Crippen molar-refractivity contribution in [2.75, 3.05) is 12.3 Å². The molecule has 0 fully saturated rings. The average molecular weight is 410 g/mol. The Morgan fingerprint density at radius 2 is 2.04 bits per heavy atom. The molecule has 0 saturated heterocycles. The lowest BCUT2D eigenvalue weighted by Gasteiger charge is -2.22. The molecule has 9 heteroatoms. The summed E-state index contributed by atoms with van der Waals surface area (Å²) in [6.45, 7) is 4.67. The van der Waals surface area contributed by atoms with Crippen molar-refractivity contribution in [2.24, 2.45) is 0 Å². The molecule has 0 spiro atoms. The van der Waals surface area contributed by atoms with E-state index in [9.17, 15) is 9.59 Å². The zero-order valence-corrected chi connectivity index (χ0v) is 15.2. The monoisotopic (exact) mass is 408 g/mol. The van der Waals surface area contributed by atoms with Gasteiger partial charge in [-0.25, -0.2) is 9.59 Å². The van der Waals surface area contributed by atoms with Crippen LogP contribution in [0.15, 0.2) is 16.6 Å². The number of carboxylic acids is 1. The first-order valence-corrected chi connectivity index (χ1v) is 7.76. The maximum atomic E-state index is 11.6. The molecule has 0 aliphatic carbocycles. The maximum absolute atomic E-state index is 11.6. The molecule has 128 valence electrons. The number of nitrogens with two attached hydrogens (primary N) is 1. The number of benzene rings is 1. The van der Waals surface area contributed by atoms with Crippen LogP contribution in [0.4, 0.5) is 10.5 Å². The minimum absolute atomic E-state index is 0.218. The molecule has 1 rings (SSSR count). The van der Waals surface area contributed by atoms with Gasteiger partial charge in [-0.15, -0.1) is 0 Å². The lowest BCUT2D eigenvalue weighted by atomic mass is 10.2. The van der Waals surface area contributed by atoms with Crippen molar-refractivity contribution in [3.05, 3.63) is 21.6 Å². The Morgan fingerprint density at radius 1 is 1.43 bits per heavy atom. The molecule has 0 heterocycles. The number of nitrogens with one attached hydrogen (secondary N) is 1. The summed E-state index contributed by atoms with van der Waals surface area (Å²) < 4.78 is 10.9. The van der Waals surface area contributed by atoms with E-state index in [0.717, 1.165) is 0 Å². The summed E-state index contributed by atoms with van der Waals surface area (Å²) in [5.74, 6) is -1.05. The molecule has 1 aromatic rings. The molecular weight excluding hydrogens is 392 g/mol. The van der Waals surface area contributed by atoms with Crippen LogP contribution in [0.3, 0.4) is 0 Å². The van der Waals surface area contributed by atoms with E-state index in [2.05, 4.69) is 21.2 Å². The van der Waals surface area contributed by atoms with E-state index in [-0.39, 0.29) is 18.0 Å². The number of carbonyl (C=O) groups is 2. The number of amides is 1. The predicted molar refractivity (Wildman–Crippen MR) is 89.9 cm³/mol. The normalized spacial score (nSPS) is 12.4. The second kappa shape index (κ2) is 7.74. The van der Waals surface area contributed by atoms with Crippen molar-refractivity contribution in [1.29, 1.82) is 0 Å². The van der Waals surface area contributed by atoms with Crippen LogP contribution in [-0.4, -0.2) is 35.4 Å². The Bertz CT molecular complexity index is 604. The highest BCUT2D eigenvalue weighted by atomic mass is 79.9. The molecule has 0 unspecified atom stereocenters. The third-order valence-electron chi connectivity index (χ3n) is 2.45. The quantitative estimate of drug-likeness (QED) is 0.645. The molecular formula is C14H18BrClN2O5. The summed E-state index contributed by atoms with van der Waals surface area (Å²) in [7, 11) is 0. The van der Waals surface area contributed by atoms with Gasteiger partial charge in [0, 0.05) is 10.5 Å². The van der Waals surface area contributed by atoms with Gasteiger partial charge in [0.1, 0.15) is 18.0 Å². The number of hydrogen-bond acceptors (Lipinski definition) is 5. The number of carboxylic acid groups (broad SMARTS) is 1. The number of hydrogen-bond donors (Lipinski definition) is 3. The fourth-order valence-corrected chi connectivity index (χ4v) is 1.98. The lowest BCUT2D eigenvalue weighted by Crippen LogP contribution is -2.46. The van der Waals surface area contributed by atoms with Crippen LogP contribution < -0.4 is 15.8 Å². The summed E-state index contributed by atoms with van der Waals surface area (Å²) >= 11 is 9.14. The molecule has 1 atom stereocenters. The van der Waals surface area contributed by atoms with E-state index < -0.39 is 23.7 Å². The third kappa shape index (κ3) is 6.54. The highest BCUT2D eigenvalue weighted by molar-refractivity contribution is 9.10. The molecule has 0 aliphatic heterocycles. The number of carbonyl (C=O) groups excluding carboxylic acids is 1. The van der Waals surface area contributed by atoms with Gasteiger partial charge in [0.15, 0.2) is 6.04 Å². The summed E-state index contributed by atoms with van der Waals surface area (Å²) in [6, 6.07) is 1.69. The van der Waals surface area contributed by atoms with Gasteiger partial charge in [-0.2, -0.15) is 0 Å². The highest BCUT2D eigenvalue weighted by Crippen LogP contribution is 2.32. The van der Waals surface area contributed by atoms with Gasteiger partial charge >= 0.3 is 12.1 Å². The first-order valence-electron chi connectivity index (χ1n) is 6.59. The van der Waals surface area contributed by atoms with Gasteiger partial charge in [-0.3, -0.25) is 0 Å². The molecule has 23 heavy (non-hydrogen) atoms. The van der Waals surface area contributed by atoms with Crippen LogP contribution >= 0.6 is 27.5 Å². The summed E-state index contributed by atoms with van der Waals surface area (Å²) in [4.78, 5) is 22.9. The highest BCUT2D eigenvalue weighted by Gasteiger charge is 2.25. The standard InChI is InChI=1S/C14H18BrClN2O5/c1-14(2,3)23-13(21)18-10(12(19)20)6-22-11-5-8(16)7(15)4-9(11)17/h4-5,10H,6,17H2,1-3H3,(H,18,21)(H,19,20)/t10-/m0/s1. The van der Waals surface area contributed by atoms with Crippen molar-refractivity contribution in [3.63, 3.8) is 0 Å². The van der Waals surface area contributed by atoms with E-state index in [0.29, 0.717) is 9.50 Å². The first-order chi connectivity index (χ1) is 10.5. The second-order valence-electron chi connectivity index (χ2n) is 5.65. The molecule has 7 nitrogen and oxygen atoms in total. The summed E-state index contributed by atoms with van der Waals surface area (Å²) in [5, 5.41) is 11.7. The number of ether oxygens (including phenoxy) is 2. The SMILES string of the molecule is CC(C)(C)OC(=O)N[C@@H](COc1cc(Cl)c(Br)cc1N)C(=O)O. The molecule has 0 bridgehead atoms. The Morgan fingerprint density at radius 3 is 2.57 bits per heavy atom. The molecule has 0 radical (unpaired) electrons. The fourth-order valence-electron chi connectivity index (χ4n) is 1.47. The predicted octanol–water partition coefficient (Wildman–Crippen LogP) is 3.04. The molecule has 1 aromatic carbocycles. The fraction of sp³-hybridized carbons (Fsp3) is 0.429. The molecule has 4 N–H and O–H groups in total. The van der Waals surface area contributed by atoms with Gasteiger partial charge < -0.3 is 25.6 Å². The Balaban J connectivity index is 2.73. The van der Waals surface area contributed by atoms with Gasteiger partial charge in [-0.05, 0) is 42.8 Å². The molecule has 0 aromatic heterocycles. The van der Waals surface area contributed by atoms with Crippen LogP contribution in [0.25, 0.3) is 0 Å². The number of halogens is 2. The van der Waals surface area contributed by atoms with Crippen LogP contribution in [0, 0.1) is 0 Å². The molecule has 1 amide bonds. The van der Waals surface area contributed by atoms with Crippen molar-refractivity contribution >= 4 is 45.3 Å². The van der Waals surface area contributed by atoms with Crippen molar-refractivity contribution in [2.45, 2.75) is 32.4 Å². The van der Waals surface area contributed by atoms with E-state index in [1.807, 2.05) is 0 Å². The first kappa shape index (κ1) is 19.4. The van der Waals surface area contributed by atoms with Gasteiger partial charge in [0.2, 0.25) is 0 Å². The van der Waals surface area contributed by atoms with Crippen LogP contribution in [0.2, 0.25) is 5.02 Å². The van der Waals surface area contributed by atoms with Crippen LogP contribution in [0.5, 0.6) is 5.75 Å². The number of nitrogen functional groups attached to an aromatic ring is 1. The average Bonchev–Trinajstić information content (AvgIpc) is 2.37. The number of anilines is 1. The Labute approximate surface area is 147 Å². The lowest BCUT2D eigenvalue weighted by molar-refractivity contribution is -0.140. The minimum atomic E-state index is -1.30. The minimum Gasteiger partial charge on any atom is -0.489 e. The smallest absolute Gasteiger partial charge is 0.408 e. The second-order valence-corrected chi connectivity index (χ2v) is 6.91. The zero-order chi connectivity index (χ0) is 17.8. The molecule has 0 saturated carbocycles. The van der Waals surface area contributed by atoms with E-state index in [1.54, 1.807) is 20.8 Å². The number of aliphatic carboxylic acids is 1. The zero-order valence-electron chi connectivity index (χ0n) is 12.9. The van der Waals surface area contributed by atoms with Crippen molar-refractivity contribution < 1.29 is 24.2 Å². The van der Waals surface area contributed by atoms with Gasteiger partial charge in [-0.1, -0.05) is 11.6 Å². The molecule has 0 aliphatic rings. The Hall–Kier alpha value is -1.67. The van der Waals surface area contributed by atoms with E-state index >= 15 is 0 Å². The van der Waals surface area contributed by atoms with Crippen LogP contribution in [-0.2, 0) is 9.53 Å². The number of alkyl carbamates (subject to hydrolysis) is 1. The Kier molecular flexibility index (Phi) is 6.52. The summed E-state index contributed by atoms with van der Waals surface area (Å²) in [6.07, 6.45) is -0.852.